The first-order chi connectivity index (χ1) is 7.88. The lowest BCUT2D eigenvalue weighted by atomic mass is 10.0. The molecule has 1 fully saturated rings. The van der Waals surface area contributed by atoms with E-state index >= 15 is 0 Å². The highest BCUT2D eigenvalue weighted by Gasteiger charge is 2.37. The Morgan fingerprint density at radius 3 is 2.65 bits per heavy atom. The van der Waals surface area contributed by atoms with Gasteiger partial charge in [0, 0.05) is 19.0 Å². The largest absolute Gasteiger partial charge is 0.445 e. The Kier molecular flexibility index (Phi) is 3.26. The van der Waals surface area contributed by atoms with Crippen molar-refractivity contribution in [2.75, 3.05) is 18.0 Å². The van der Waals surface area contributed by atoms with E-state index in [2.05, 4.69) is 10.2 Å². The van der Waals surface area contributed by atoms with Crippen molar-refractivity contribution in [1.29, 1.82) is 0 Å². The summed E-state index contributed by atoms with van der Waals surface area (Å²) in [5.74, 6) is 0.0910. The molecule has 0 radical (unpaired) electrons. The van der Waals surface area contributed by atoms with Gasteiger partial charge in [-0.25, -0.2) is 0 Å². The molecule has 1 aliphatic rings. The first-order valence-electron chi connectivity index (χ1n) is 5.21. The summed E-state index contributed by atoms with van der Waals surface area (Å²) in [5.41, 5.74) is 0. The topological polar surface area (TPSA) is 49.2 Å². The number of anilines is 1. The summed E-state index contributed by atoms with van der Waals surface area (Å²) in [6.07, 6.45) is -4.12. The second-order valence-electron chi connectivity index (χ2n) is 4.12. The Bertz CT molecular complexity index is 393. The van der Waals surface area contributed by atoms with E-state index in [1.807, 2.05) is 0 Å². The molecule has 1 aromatic rings. The molecule has 0 saturated carbocycles. The van der Waals surface area contributed by atoms with Crippen LogP contribution in [0.4, 0.5) is 18.3 Å². The van der Waals surface area contributed by atoms with Crippen LogP contribution in [0, 0.1) is 5.92 Å². The molecule has 0 aliphatic carbocycles. The lowest BCUT2D eigenvalue weighted by molar-refractivity contribution is -0.138. The fourth-order valence-electron chi connectivity index (χ4n) is 1.81. The molecular weight excluding hydrogens is 255 g/mol. The lowest BCUT2D eigenvalue weighted by Gasteiger charge is -2.15. The molecule has 1 saturated heterocycles. The average molecular weight is 267 g/mol. The van der Waals surface area contributed by atoms with Gasteiger partial charge in [0.2, 0.25) is 10.1 Å². The summed E-state index contributed by atoms with van der Waals surface area (Å²) in [6.45, 7) is 2.83. The van der Waals surface area contributed by atoms with Gasteiger partial charge >= 0.3 is 6.18 Å². The Labute approximate surface area is 100 Å². The zero-order chi connectivity index (χ0) is 12.6. The molecule has 8 heteroatoms. The number of nitrogens with zero attached hydrogens (tertiary/aromatic N) is 3. The molecule has 2 atom stereocenters. The molecule has 1 aliphatic heterocycles. The quantitative estimate of drug-likeness (QED) is 0.887. The SMILES string of the molecule is CC(O)C1CCN(c2nnc(C(F)(F)F)s2)C1. The zero-order valence-electron chi connectivity index (χ0n) is 9.11. The summed E-state index contributed by atoms with van der Waals surface area (Å²) in [7, 11) is 0. The van der Waals surface area contributed by atoms with E-state index in [4.69, 9.17) is 0 Å². The van der Waals surface area contributed by atoms with E-state index in [0.29, 0.717) is 24.4 Å². The van der Waals surface area contributed by atoms with Crippen LogP contribution in [0.15, 0.2) is 0 Å². The van der Waals surface area contributed by atoms with E-state index in [1.54, 1.807) is 11.8 Å². The van der Waals surface area contributed by atoms with Gasteiger partial charge in [0.05, 0.1) is 6.10 Å². The number of aromatic nitrogens is 2. The smallest absolute Gasteiger partial charge is 0.393 e. The maximum atomic E-state index is 12.3. The second-order valence-corrected chi connectivity index (χ2v) is 5.08. The minimum absolute atomic E-state index is 0.0910. The number of aliphatic hydroxyl groups excluding tert-OH is 1. The molecule has 0 aromatic carbocycles. The van der Waals surface area contributed by atoms with Crippen molar-refractivity contribution in [3.05, 3.63) is 5.01 Å². The van der Waals surface area contributed by atoms with Crippen LogP contribution in [-0.4, -0.2) is 34.5 Å². The van der Waals surface area contributed by atoms with E-state index in [9.17, 15) is 18.3 Å². The van der Waals surface area contributed by atoms with Crippen molar-refractivity contribution in [2.24, 2.45) is 5.92 Å². The third-order valence-electron chi connectivity index (χ3n) is 2.83. The minimum atomic E-state index is -4.43. The van der Waals surface area contributed by atoms with Gasteiger partial charge < -0.3 is 10.0 Å². The van der Waals surface area contributed by atoms with E-state index in [0.717, 1.165) is 6.42 Å². The Balaban J connectivity index is 2.07. The predicted molar refractivity (Wildman–Crippen MR) is 56.9 cm³/mol. The fourth-order valence-corrected chi connectivity index (χ4v) is 2.56. The highest BCUT2D eigenvalue weighted by molar-refractivity contribution is 7.15. The normalized spacial score (nSPS) is 23.1. The maximum Gasteiger partial charge on any atom is 0.445 e. The van der Waals surface area contributed by atoms with Crippen molar-refractivity contribution >= 4 is 16.5 Å². The molecule has 2 rings (SSSR count). The molecule has 4 nitrogen and oxygen atoms in total. The first-order valence-corrected chi connectivity index (χ1v) is 6.03. The third-order valence-corrected chi connectivity index (χ3v) is 3.86. The van der Waals surface area contributed by atoms with Crippen molar-refractivity contribution in [2.45, 2.75) is 25.6 Å². The van der Waals surface area contributed by atoms with Gasteiger partial charge in [-0.15, -0.1) is 10.2 Å². The van der Waals surface area contributed by atoms with Crippen LogP contribution >= 0.6 is 11.3 Å². The van der Waals surface area contributed by atoms with Crippen LogP contribution in [0.1, 0.15) is 18.4 Å². The van der Waals surface area contributed by atoms with E-state index in [1.165, 1.54) is 0 Å². The molecule has 96 valence electrons. The number of halogens is 3. The van der Waals surface area contributed by atoms with Gasteiger partial charge in [-0.1, -0.05) is 11.3 Å². The standard InChI is InChI=1S/C9H12F3N3OS/c1-5(16)6-2-3-15(4-6)8-14-13-7(17-8)9(10,11)12/h5-6,16H,2-4H2,1H3. The van der Waals surface area contributed by atoms with Crippen LogP contribution < -0.4 is 4.90 Å². The number of rotatable bonds is 2. The summed E-state index contributed by atoms with van der Waals surface area (Å²) >= 11 is 0.548. The van der Waals surface area contributed by atoms with E-state index in [-0.39, 0.29) is 11.0 Å². The van der Waals surface area contributed by atoms with Crippen LogP contribution in [0.5, 0.6) is 0 Å². The molecule has 2 heterocycles. The number of alkyl halides is 3. The van der Waals surface area contributed by atoms with Gasteiger partial charge in [-0.3, -0.25) is 0 Å². The molecule has 2 unspecified atom stereocenters. The number of hydrogen-bond acceptors (Lipinski definition) is 5. The summed E-state index contributed by atoms with van der Waals surface area (Å²) in [5, 5.41) is 15.5. The molecule has 1 aromatic heterocycles. The third kappa shape index (κ3) is 2.68. The molecule has 0 spiro atoms. The Morgan fingerprint density at radius 2 is 2.18 bits per heavy atom. The summed E-state index contributed by atoms with van der Waals surface area (Å²) in [4.78, 5) is 1.74. The highest BCUT2D eigenvalue weighted by atomic mass is 32.1. The van der Waals surface area contributed by atoms with Gasteiger partial charge in [-0.2, -0.15) is 13.2 Å². The van der Waals surface area contributed by atoms with Crippen LogP contribution in [-0.2, 0) is 6.18 Å². The van der Waals surface area contributed by atoms with Gasteiger partial charge in [0.15, 0.2) is 0 Å². The van der Waals surface area contributed by atoms with Crippen LogP contribution in [0.25, 0.3) is 0 Å². The van der Waals surface area contributed by atoms with Crippen molar-refractivity contribution in [1.82, 2.24) is 10.2 Å². The monoisotopic (exact) mass is 267 g/mol. The Morgan fingerprint density at radius 1 is 1.47 bits per heavy atom. The number of aliphatic hydroxyl groups is 1. The molecule has 0 amide bonds. The predicted octanol–water partition coefficient (Wildman–Crippen LogP) is 1.76. The average Bonchev–Trinajstić information content (AvgIpc) is 2.85. The molecular formula is C9H12F3N3OS. The van der Waals surface area contributed by atoms with Crippen molar-refractivity contribution in [3.63, 3.8) is 0 Å². The van der Waals surface area contributed by atoms with Crippen LogP contribution in [0.3, 0.4) is 0 Å². The summed E-state index contributed by atoms with van der Waals surface area (Å²) < 4.78 is 37.0. The van der Waals surface area contributed by atoms with Crippen molar-refractivity contribution < 1.29 is 18.3 Å². The van der Waals surface area contributed by atoms with Gasteiger partial charge in [-0.05, 0) is 13.3 Å². The zero-order valence-corrected chi connectivity index (χ0v) is 9.92. The van der Waals surface area contributed by atoms with Gasteiger partial charge in [0.25, 0.3) is 0 Å². The lowest BCUT2D eigenvalue weighted by Crippen LogP contribution is -2.23. The first kappa shape index (κ1) is 12.6. The van der Waals surface area contributed by atoms with Gasteiger partial charge in [0.1, 0.15) is 0 Å². The van der Waals surface area contributed by atoms with Crippen LogP contribution in [0.2, 0.25) is 0 Å². The maximum absolute atomic E-state index is 12.3. The second kappa shape index (κ2) is 4.41. The van der Waals surface area contributed by atoms with E-state index < -0.39 is 17.3 Å². The highest BCUT2D eigenvalue weighted by Crippen LogP contribution is 2.36. The molecule has 17 heavy (non-hydrogen) atoms. The Hall–Kier alpha value is -0.890. The molecule has 1 N–H and O–H groups in total. The van der Waals surface area contributed by atoms with Crippen molar-refractivity contribution in [3.8, 4) is 0 Å². The number of hydrogen-bond donors (Lipinski definition) is 1. The molecule has 0 bridgehead atoms. The summed E-state index contributed by atoms with van der Waals surface area (Å²) in [6, 6.07) is 0. The fraction of sp³-hybridized carbons (Fsp3) is 0.778. The minimum Gasteiger partial charge on any atom is -0.393 e.